The number of methoxy groups -OCH3 is 1. The molecule has 2 aromatic heterocycles. The summed E-state index contributed by atoms with van der Waals surface area (Å²) in [6.45, 7) is 5.13. The monoisotopic (exact) mass is 378 g/mol. The number of carbonyl (C=O) groups is 1. The zero-order valence-corrected chi connectivity index (χ0v) is 15.9. The molecule has 3 heterocycles. The number of aryl methyl sites for hydroxylation is 2. The lowest BCUT2D eigenvalue weighted by Gasteiger charge is -2.17. The van der Waals surface area contributed by atoms with Crippen molar-refractivity contribution >= 4 is 22.4 Å². The second-order valence-electron chi connectivity index (χ2n) is 6.28. The van der Waals surface area contributed by atoms with Gasteiger partial charge in [-0.15, -0.1) is 10.2 Å². The van der Waals surface area contributed by atoms with E-state index < -0.39 is 5.91 Å². The maximum atomic E-state index is 12.9. The molecule has 0 radical (unpaired) electrons. The third-order valence-electron chi connectivity index (χ3n) is 4.30. The Hall–Kier alpha value is -2.10. The number of ether oxygens (including phenoxy) is 2. The van der Waals surface area contributed by atoms with Gasteiger partial charge in [0, 0.05) is 19.4 Å². The van der Waals surface area contributed by atoms with Crippen molar-refractivity contribution in [3.63, 3.8) is 0 Å². The van der Waals surface area contributed by atoms with Crippen molar-refractivity contribution < 1.29 is 14.3 Å². The second-order valence-corrected chi connectivity index (χ2v) is 7.34. The minimum absolute atomic E-state index is 0.0183. The van der Waals surface area contributed by atoms with Gasteiger partial charge in [0.05, 0.1) is 12.6 Å². The van der Waals surface area contributed by atoms with Gasteiger partial charge in [-0.3, -0.25) is 14.9 Å². The van der Waals surface area contributed by atoms with E-state index in [2.05, 4.69) is 15.5 Å². The van der Waals surface area contributed by atoms with Crippen molar-refractivity contribution in [3.8, 4) is 0 Å². The summed E-state index contributed by atoms with van der Waals surface area (Å²) < 4.78 is 12.2. The summed E-state index contributed by atoms with van der Waals surface area (Å²) in [4.78, 5) is 25.6. The second kappa shape index (κ2) is 8.07. The fraction of sp³-hybridized carbons (Fsp3) is 0.529. The first-order valence-electron chi connectivity index (χ1n) is 8.45. The maximum absolute atomic E-state index is 12.9. The van der Waals surface area contributed by atoms with E-state index in [4.69, 9.17) is 9.47 Å². The van der Waals surface area contributed by atoms with Gasteiger partial charge in [-0.05, 0) is 38.3 Å². The van der Waals surface area contributed by atoms with Crippen LogP contribution in [0.25, 0.3) is 0 Å². The Balaban J connectivity index is 1.85. The quantitative estimate of drug-likeness (QED) is 0.825. The summed E-state index contributed by atoms with van der Waals surface area (Å²) >= 11 is 1.22. The normalized spacial score (nSPS) is 16.8. The van der Waals surface area contributed by atoms with E-state index >= 15 is 0 Å². The van der Waals surface area contributed by atoms with Crippen LogP contribution >= 0.6 is 11.3 Å². The Labute approximate surface area is 155 Å². The zero-order valence-electron chi connectivity index (χ0n) is 15.1. The summed E-state index contributed by atoms with van der Waals surface area (Å²) in [5, 5.41) is 11.5. The molecule has 0 aliphatic carbocycles. The van der Waals surface area contributed by atoms with Gasteiger partial charge >= 0.3 is 0 Å². The van der Waals surface area contributed by atoms with Gasteiger partial charge in [0.1, 0.15) is 17.2 Å². The number of pyridine rings is 1. The van der Waals surface area contributed by atoms with Crippen LogP contribution in [0.15, 0.2) is 10.9 Å². The maximum Gasteiger partial charge on any atom is 0.263 e. The van der Waals surface area contributed by atoms with Gasteiger partial charge in [0.15, 0.2) is 0 Å². The lowest BCUT2D eigenvalue weighted by molar-refractivity contribution is 0.0947. The first kappa shape index (κ1) is 18.7. The molecule has 1 atom stereocenters. The molecule has 1 saturated heterocycles. The summed E-state index contributed by atoms with van der Waals surface area (Å²) in [5.74, 6) is -0.478. The van der Waals surface area contributed by atoms with Crippen LogP contribution in [0.2, 0.25) is 0 Å². The van der Waals surface area contributed by atoms with E-state index in [1.807, 2.05) is 13.0 Å². The number of rotatable bonds is 6. The third-order valence-corrected chi connectivity index (χ3v) is 5.11. The Bertz CT molecular complexity index is 855. The summed E-state index contributed by atoms with van der Waals surface area (Å²) in [5.41, 5.74) is 1.27. The van der Waals surface area contributed by atoms with Gasteiger partial charge in [0.2, 0.25) is 5.13 Å². The standard InChI is InChI=1S/C17H22N4O4S/c1-10-7-11(2)21(8-12-5-4-6-25-12)16(23)14(10)15(22)18-17-20-19-13(26-17)9-24-3/h7,12H,4-6,8-9H2,1-3H3,(H,18,20,22)/t12-/m1/s1. The van der Waals surface area contributed by atoms with Gasteiger partial charge in [-0.25, -0.2) is 0 Å². The Morgan fingerprint density at radius 2 is 2.27 bits per heavy atom. The molecule has 1 amide bonds. The van der Waals surface area contributed by atoms with Gasteiger partial charge in [0.25, 0.3) is 11.5 Å². The molecule has 1 N–H and O–H groups in total. The van der Waals surface area contributed by atoms with E-state index in [9.17, 15) is 9.59 Å². The predicted octanol–water partition coefficient (Wildman–Crippen LogP) is 1.89. The number of nitrogens with one attached hydrogen (secondary N) is 1. The van der Waals surface area contributed by atoms with E-state index in [0.717, 1.165) is 25.1 Å². The molecule has 8 nitrogen and oxygen atoms in total. The molecule has 140 valence electrons. The number of amides is 1. The summed E-state index contributed by atoms with van der Waals surface area (Å²) in [7, 11) is 1.56. The molecule has 26 heavy (non-hydrogen) atoms. The topological polar surface area (TPSA) is 95.3 Å². The largest absolute Gasteiger partial charge is 0.377 e. The molecular formula is C17H22N4O4S. The fourth-order valence-corrected chi connectivity index (χ4v) is 3.77. The number of anilines is 1. The highest BCUT2D eigenvalue weighted by Gasteiger charge is 2.22. The molecule has 1 aliphatic heterocycles. The lowest BCUT2D eigenvalue weighted by Crippen LogP contribution is -2.34. The Morgan fingerprint density at radius 1 is 1.46 bits per heavy atom. The van der Waals surface area contributed by atoms with E-state index in [1.165, 1.54) is 11.3 Å². The highest BCUT2D eigenvalue weighted by Crippen LogP contribution is 2.18. The molecule has 0 saturated carbocycles. The van der Waals surface area contributed by atoms with Crippen LogP contribution in [0.3, 0.4) is 0 Å². The van der Waals surface area contributed by atoms with E-state index in [-0.39, 0.29) is 17.2 Å². The van der Waals surface area contributed by atoms with Crippen molar-refractivity contribution in [2.75, 3.05) is 19.0 Å². The first-order valence-corrected chi connectivity index (χ1v) is 9.26. The molecule has 3 rings (SSSR count). The van der Waals surface area contributed by atoms with Gasteiger partial charge in [-0.2, -0.15) is 0 Å². The Kier molecular flexibility index (Phi) is 5.80. The third kappa shape index (κ3) is 4.00. The van der Waals surface area contributed by atoms with Crippen molar-refractivity contribution in [3.05, 3.63) is 38.2 Å². The summed E-state index contributed by atoms with van der Waals surface area (Å²) in [6.07, 6.45) is 1.94. The van der Waals surface area contributed by atoms with Crippen molar-refractivity contribution in [2.45, 2.75) is 45.9 Å². The van der Waals surface area contributed by atoms with Crippen molar-refractivity contribution in [1.82, 2.24) is 14.8 Å². The lowest BCUT2D eigenvalue weighted by atomic mass is 10.1. The fourth-order valence-electron chi connectivity index (χ4n) is 3.07. The van der Waals surface area contributed by atoms with Crippen LogP contribution in [0, 0.1) is 13.8 Å². The summed E-state index contributed by atoms with van der Waals surface area (Å²) in [6, 6.07) is 1.85. The van der Waals surface area contributed by atoms with Crippen LogP contribution in [0.4, 0.5) is 5.13 Å². The predicted molar refractivity (Wildman–Crippen MR) is 97.7 cm³/mol. The SMILES string of the molecule is COCc1nnc(NC(=O)c2c(C)cc(C)n(C[C@H]3CCCO3)c2=O)s1. The molecule has 0 bridgehead atoms. The molecule has 1 aliphatic rings. The van der Waals surface area contributed by atoms with Gasteiger partial charge in [-0.1, -0.05) is 11.3 Å². The number of carbonyl (C=O) groups excluding carboxylic acids is 1. The number of aromatic nitrogens is 3. The average molecular weight is 378 g/mol. The minimum atomic E-state index is -0.478. The molecular weight excluding hydrogens is 356 g/mol. The van der Waals surface area contributed by atoms with Crippen molar-refractivity contribution in [1.29, 1.82) is 0 Å². The molecule has 0 aromatic carbocycles. The Morgan fingerprint density at radius 3 is 2.96 bits per heavy atom. The average Bonchev–Trinajstić information content (AvgIpc) is 3.23. The van der Waals surface area contributed by atoms with E-state index in [0.29, 0.717) is 28.9 Å². The number of hydrogen-bond donors (Lipinski definition) is 1. The molecule has 0 unspecified atom stereocenters. The highest BCUT2D eigenvalue weighted by atomic mass is 32.1. The van der Waals surface area contributed by atoms with Crippen LogP contribution in [0.1, 0.15) is 39.5 Å². The highest BCUT2D eigenvalue weighted by molar-refractivity contribution is 7.15. The van der Waals surface area contributed by atoms with Crippen LogP contribution in [0.5, 0.6) is 0 Å². The zero-order chi connectivity index (χ0) is 18.7. The van der Waals surface area contributed by atoms with Gasteiger partial charge < -0.3 is 14.0 Å². The number of nitrogens with zero attached hydrogens (tertiary/aromatic N) is 3. The van der Waals surface area contributed by atoms with Crippen molar-refractivity contribution in [2.24, 2.45) is 0 Å². The molecule has 1 fully saturated rings. The van der Waals surface area contributed by atoms with Crippen LogP contribution in [-0.2, 0) is 22.6 Å². The first-order chi connectivity index (χ1) is 12.5. The van der Waals surface area contributed by atoms with Crippen LogP contribution < -0.4 is 10.9 Å². The van der Waals surface area contributed by atoms with E-state index in [1.54, 1.807) is 18.6 Å². The minimum Gasteiger partial charge on any atom is -0.377 e. The number of hydrogen-bond acceptors (Lipinski definition) is 7. The molecule has 2 aromatic rings. The molecule has 9 heteroatoms. The smallest absolute Gasteiger partial charge is 0.263 e. The van der Waals surface area contributed by atoms with Crippen LogP contribution in [-0.4, -0.2) is 40.5 Å². The molecule has 0 spiro atoms.